The first-order valence-corrected chi connectivity index (χ1v) is 9.96. The van der Waals surface area contributed by atoms with Gasteiger partial charge in [-0.25, -0.2) is 4.79 Å². The Morgan fingerprint density at radius 2 is 1.96 bits per heavy atom. The average molecular weight is 379 g/mol. The van der Waals surface area contributed by atoms with E-state index in [-0.39, 0.29) is 30.1 Å². The topological polar surface area (TPSA) is 65.1 Å². The molecule has 0 bridgehead atoms. The van der Waals surface area contributed by atoms with Crippen molar-refractivity contribution in [2.45, 2.75) is 51.6 Å². The van der Waals surface area contributed by atoms with Crippen molar-refractivity contribution in [2.75, 3.05) is 12.5 Å². The van der Waals surface area contributed by atoms with Crippen molar-refractivity contribution in [3.8, 4) is 11.5 Å². The lowest BCUT2D eigenvalue weighted by molar-refractivity contribution is -0.152. The molecule has 3 rings (SSSR count). The summed E-state index contributed by atoms with van der Waals surface area (Å²) in [7, 11) is 0. The van der Waals surface area contributed by atoms with Gasteiger partial charge in [0.05, 0.1) is 11.5 Å². The quantitative estimate of drug-likeness (QED) is 0.732. The van der Waals surface area contributed by atoms with Crippen LogP contribution in [-0.2, 0) is 9.53 Å². The zero-order valence-electron chi connectivity index (χ0n) is 15.6. The van der Waals surface area contributed by atoms with Gasteiger partial charge in [0, 0.05) is 11.3 Å². The second-order valence-corrected chi connectivity index (χ2v) is 8.41. The number of carbonyl (C=O) groups is 2. The van der Waals surface area contributed by atoms with Gasteiger partial charge in [-0.05, 0) is 44.4 Å². The molecule has 1 saturated heterocycles. The van der Waals surface area contributed by atoms with E-state index in [9.17, 15) is 9.59 Å². The standard InChI is InChI=1S/C19H25NO5S/c1-11(2)7-17-20(14(9-26-17)19(22)25-12(3)4)18(21)13-5-6-15-16(8-13)24-10-23-15/h5-6,8,11-12,14,17H,7,9-10H2,1-4H3. The van der Waals surface area contributed by atoms with Gasteiger partial charge in [0.15, 0.2) is 11.5 Å². The summed E-state index contributed by atoms with van der Waals surface area (Å²) >= 11 is 1.64. The first-order valence-electron chi connectivity index (χ1n) is 8.91. The minimum atomic E-state index is -0.566. The molecule has 2 atom stereocenters. The van der Waals surface area contributed by atoms with E-state index in [1.54, 1.807) is 34.9 Å². The van der Waals surface area contributed by atoms with E-state index in [4.69, 9.17) is 14.2 Å². The molecule has 6 nitrogen and oxygen atoms in total. The molecule has 142 valence electrons. The molecule has 7 heteroatoms. The van der Waals surface area contributed by atoms with E-state index in [0.717, 1.165) is 6.42 Å². The van der Waals surface area contributed by atoms with Crippen LogP contribution < -0.4 is 9.47 Å². The van der Waals surface area contributed by atoms with Crippen LogP contribution in [0.25, 0.3) is 0 Å². The predicted octanol–water partition coefficient (Wildman–Crippen LogP) is 3.30. The van der Waals surface area contributed by atoms with Crippen LogP contribution in [0.3, 0.4) is 0 Å². The molecule has 1 amide bonds. The first-order chi connectivity index (χ1) is 12.4. The van der Waals surface area contributed by atoms with E-state index >= 15 is 0 Å². The number of rotatable bonds is 5. The second kappa shape index (κ2) is 7.78. The maximum atomic E-state index is 13.2. The molecular weight excluding hydrogens is 354 g/mol. The summed E-state index contributed by atoms with van der Waals surface area (Å²) in [5.74, 6) is 1.65. The number of fused-ring (bicyclic) bond motifs is 1. The van der Waals surface area contributed by atoms with Crippen LogP contribution in [0.5, 0.6) is 11.5 Å². The van der Waals surface area contributed by atoms with Crippen LogP contribution in [0, 0.1) is 5.92 Å². The van der Waals surface area contributed by atoms with Crippen LogP contribution in [0.1, 0.15) is 44.5 Å². The molecule has 0 spiro atoms. The van der Waals surface area contributed by atoms with Gasteiger partial charge < -0.3 is 19.1 Å². The third-order valence-electron chi connectivity index (χ3n) is 4.24. The van der Waals surface area contributed by atoms with Crippen molar-refractivity contribution in [3.05, 3.63) is 23.8 Å². The molecule has 0 aromatic heterocycles. The molecule has 0 aliphatic carbocycles. The number of carbonyl (C=O) groups excluding carboxylic acids is 2. The Balaban J connectivity index is 1.86. The van der Waals surface area contributed by atoms with Crippen molar-refractivity contribution in [3.63, 3.8) is 0 Å². The molecule has 1 aromatic carbocycles. The molecule has 1 fully saturated rings. The Morgan fingerprint density at radius 1 is 1.23 bits per heavy atom. The molecule has 2 aliphatic heterocycles. The van der Waals surface area contributed by atoms with Gasteiger partial charge in [0.1, 0.15) is 6.04 Å². The number of hydrogen-bond acceptors (Lipinski definition) is 6. The summed E-state index contributed by atoms with van der Waals surface area (Å²) in [4.78, 5) is 27.5. The van der Waals surface area contributed by atoms with Crippen LogP contribution in [0.15, 0.2) is 18.2 Å². The second-order valence-electron chi connectivity index (χ2n) is 7.20. The molecule has 0 saturated carbocycles. The fraction of sp³-hybridized carbons (Fsp3) is 0.579. The molecule has 2 unspecified atom stereocenters. The summed E-state index contributed by atoms with van der Waals surface area (Å²) in [5, 5.41) is -0.0439. The highest BCUT2D eigenvalue weighted by molar-refractivity contribution is 8.00. The van der Waals surface area contributed by atoms with Crippen molar-refractivity contribution in [1.82, 2.24) is 4.90 Å². The number of benzene rings is 1. The molecule has 0 radical (unpaired) electrons. The van der Waals surface area contributed by atoms with Gasteiger partial charge >= 0.3 is 5.97 Å². The highest BCUT2D eigenvalue weighted by atomic mass is 32.2. The lowest BCUT2D eigenvalue weighted by Crippen LogP contribution is -2.47. The van der Waals surface area contributed by atoms with Crippen LogP contribution in [-0.4, -0.2) is 46.8 Å². The molecular formula is C19H25NO5S. The van der Waals surface area contributed by atoms with Gasteiger partial charge in [0.2, 0.25) is 6.79 Å². The Labute approximate surface area is 158 Å². The number of esters is 1. The van der Waals surface area contributed by atoms with Gasteiger partial charge in [0.25, 0.3) is 5.91 Å². The van der Waals surface area contributed by atoms with Gasteiger partial charge in [-0.3, -0.25) is 4.79 Å². The summed E-state index contributed by atoms with van der Waals surface area (Å²) in [6, 6.07) is 4.57. The van der Waals surface area contributed by atoms with E-state index in [1.807, 2.05) is 13.8 Å². The summed E-state index contributed by atoms with van der Waals surface area (Å²) in [5.41, 5.74) is 0.493. The minimum absolute atomic E-state index is 0.0439. The minimum Gasteiger partial charge on any atom is -0.461 e. The third-order valence-corrected chi connectivity index (χ3v) is 5.56. The Bertz CT molecular complexity index is 691. The molecule has 0 N–H and O–H groups in total. The zero-order valence-corrected chi connectivity index (χ0v) is 16.4. The van der Waals surface area contributed by atoms with E-state index in [2.05, 4.69) is 13.8 Å². The Hall–Kier alpha value is -1.89. The Morgan fingerprint density at radius 3 is 2.65 bits per heavy atom. The fourth-order valence-electron chi connectivity index (χ4n) is 3.09. The van der Waals surface area contributed by atoms with Crippen molar-refractivity contribution >= 4 is 23.6 Å². The number of hydrogen-bond donors (Lipinski definition) is 0. The SMILES string of the molecule is CC(C)CC1SCC(C(=O)OC(C)C)N1C(=O)c1ccc2c(c1)OCO2. The van der Waals surface area contributed by atoms with E-state index in [0.29, 0.717) is 28.7 Å². The lowest BCUT2D eigenvalue weighted by atomic mass is 10.1. The van der Waals surface area contributed by atoms with Gasteiger partial charge in [-0.2, -0.15) is 0 Å². The fourth-order valence-corrected chi connectivity index (χ4v) is 4.72. The predicted molar refractivity (Wildman–Crippen MR) is 99.5 cm³/mol. The summed E-state index contributed by atoms with van der Waals surface area (Å²) in [6.07, 6.45) is 0.617. The maximum Gasteiger partial charge on any atom is 0.330 e. The van der Waals surface area contributed by atoms with E-state index < -0.39 is 6.04 Å². The third kappa shape index (κ3) is 3.92. The number of nitrogens with zero attached hydrogens (tertiary/aromatic N) is 1. The molecule has 1 aromatic rings. The molecule has 2 aliphatic rings. The Kier molecular flexibility index (Phi) is 5.65. The van der Waals surface area contributed by atoms with Gasteiger partial charge in [-0.15, -0.1) is 11.8 Å². The summed E-state index contributed by atoms with van der Waals surface area (Å²) < 4.78 is 16.1. The smallest absolute Gasteiger partial charge is 0.330 e. The first kappa shape index (κ1) is 18.9. The van der Waals surface area contributed by atoms with Crippen molar-refractivity contribution in [2.24, 2.45) is 5.92 Å². The monoisotopic (exact) mass is 379 g/mol. The molecule has 26 heavy (non-hydrogen) atoms. The number of amides is 1. The van der Waals surface area contributed by atoms with Crippen LogP contribution >= 0.6 is 11.8 Å². The average Bonchev–Trinajstić information content (AvgIpc) is 3.18. The number of thioether (sulfide) groups is 1. The lowest BCUT2D eigenvalue weighted by Gasteiger charge is -2.29. The molecule has 2 heterocycles. The van der Waals surface area contributed by atoms with Crippen LogP contribution in [0.2, 0.25) is 0 Å². The van der Waals surface area contributed by atoms with E-state index in [1.165, 1.54) is 0 Å². The normalized spacial score (nSPS) is 21.5. The maximum absolute atomic E-state index is 13.2. The van der Waals surface area contributed by atoms with Gasteiger partial charge in [-0.1, -0.05) is 13.8 Å². The summed E-state index contributed by atoms with van der Waals surface area (Å²) in [6.45, 7) is 8.02. The highest BCUT2D eigenvalue weighted by Gasteiger charge is 2.43. The largest absolute Gasteiger partial charge is 0.461 e. The number of ether oxygens (including phenoxy) is 3. The zero-order chi connectivity index (χ0) is 18.8. The van der Waals surface area contributed by atoms with Crippen molar-refractivity contribution < 1.29 is 23.8 Å². The van der Waals surface area contributed by atoms with Crippen molar-refractivity contribution in [1.29, 1.82) is 0 Å². The highest BCUT2D eigenvalue weighted by Crippen LogP contribution is 2.37. The van der Waals surface area contributed by atoms with Crippen LogP contribution in [0.4, 0.5) is 0 Å².